The average Bonchev–Trinajstić information content (AvgIpc) is 2.74. The van der Waals surface area contributed by atoms with Crippen LogP contribution >= 0.6 is 0 Å². The Morgan fingerprint density at radius 3 is 2.40 bits per heavy atom. The van der Waals surface area contributed by atoms with Crippen molar-refractivity contribution in [2.75, 3.05) is 13.1 Å². The summed E-state index contributed by atoms with van der Waals surface area (Å²) in [7, 11) is 0. The predicted octanol–water partition coefficient (Wildman–Crippen LogP) is 2.29. The summed E-state index contributed by atoms with van der Waals surface area (Å²) in [5, 5.41) is 5.72. The molecule has 1 aliphatic rings. The summed E-state index contributed by atoms with van der Waals surface area (Å²) in [5.41, 5.74) is 1.29. The van der Waals surface area contributed by atoms with Gasteiger partial charge in [0, 0.05) is 38.0 Å². The largest absolute Gasteiger partial charge is 0.351 e. The molecule has 1 fully saturated rings. The smallest absolute Gasteiger partial charge is 0.253 e. The summed E-state index contributed by atoms with van der Waals surface area (Å²) in [6.45, 7) is 2.34. The zero-order chi connectivity index (χ0) is 21.5. The van der Waals surface area contributed by atoms with Crippen LogP contribution in [-0.4, -0.2) is 47.8 Å². The molecule has 0 saturated carbocycles. The molecule has 1 aliphatic heterocycles. The summed E-state index contributed by atoms with van der Waals surface area (Å²) in [5.74, 6) is -1.14. The van der Waals surface area contributed by atoms with Gasteiger partial charge >= 0.3 is 0 Å². The molecule has 2 aromatic rings. The third kappa shape index (κ3) is 5.89. The van der Waals surface area contributed by atoms with Gasteiger partial charge in [0.05, 0.1) is 0 Å². The molecule has 1 unspecified atom stereocenters. The van der Waals surface area contributed by atoms with Gasteiger partial charge in [-0.25, -0.2) is 4.39 Å². The summed E-state index contributed by atoms with van der Waals surface area (Å²) >= 11 is 0. The molecule has 6 nitrogen and oxygen atoms in total. The van der Waals surface area contributed by atoms with E-state index in [1.807, 2.05) is 30.3 Å². The Labute approximate surface area is 175 Å². The first kappa shape index (κ1) is 21.5. The van der Waals surface area contributed by atoms with Crippen LogP contribution in [-0.2, 0) is 16.0 Å². The quantitative estimate of drug-likeness (QED) is 0.766. The van der Waals surface area contributed by atoms with E-state index in [1.165, 1.54) is 25.1 Å². The SMILES string of the molecule is CC(=O)NC(Cc1ccccc1)C(=O)NC1CCN(C(=O)c2cccc(F)c2)CC1. The second-order valence-electron chi connectivity index (χ2n) is 7.53. The molecule has 0 aliphatic carbocycles. The van der Waals surface area contributed by atoms with E-state index in [0.717, 1.165) is 5.56 Å². The van der Waals surface area contributed by atoms with Gasteiger partial charge in [-0.3, -0.25) is 14.4 Å². The lowest BCUT2D eigenvalue weighted by molar-refractivity contribution is -0.128. The number of amides is 3. The van der Waals surface area contributed by atoms with Crippen molar-refractivity contribution >= 4 is 17.7 Å². The van der Waals surface area contributed by atoms with Crippen molar-refractivity contribution in [1.29, 1.82) is 0 Å². The topological polar surface area (TPSA) is 78.5 Å². The van der Waals surface area contributed by atoms with Gasteiger partial charge in [-0.2, -0.15) is 0 Å². The van der Waals surface area contributed by atoms with Crippen molar-refractivity contribution in [2.24, 2.45) is 0 Å². The number of hydrogen-bond acceptors (Lipinski definition) is 3. The lowest BCUT2D eigenvalue weighted by Crippen LogP contribution is -2.53. The molecular weight excluding hydrogens is 385 g/mol. The molecule has 2 N–H and O–H groups in total. The molecule has 158 valence electrons. The number of rotatable bonds is 6. The van der Waals surface area contributed by atoms with E-state index < -0.39 is 11.9 Å². The Hall–Kier alpha value is -3.22. The maximum absolute atomic E-state index is 13.4. The first-order valence-corrected chi connectivity index (χ1v) is 10.1. The van der Waals surface area contributed by atoms with Gasteiger partial charge < -0.3 is 15.5 Å². The summed E-state index contributed by atoms with van der Waals surface area (Å²) < 4.78 is 13.4. The van der Waals surface area contributed by atoms with Crippen LogP contribution in [0.1, 0.15) is 35.7 Å². The van der Waals surface area contributed by atoms with E-state index >= 15 is 0 Å². The minimum absolute atomic E-state index is 0.0823. The molecule has 0 radical (unpaired) electrons. The van der Waals surface area contributed by atoms with Gasteiger partial charge in [0.1, 0.15) is 11.9 Å². The van der Waals surface area contributed by atoms with Crippen LogP contribution in [0.5, 0.6) is 0 Å². The number of piperidine rings is 1. The van der Waals surface area contributed by atoms with E-state index in [2.05, 4.69) is 10.6 Å². The van der Waals surface area contributed by atoms with Crippen LogP contribution in [0.15, 0.2) is 54.6 Å². The number of nitrogens with one attached hydrogen (secondary N) is 2. The normalized spacial score (nSPS) is 15.3. The highest BCUT2D eigenvalue weighted by Crippen LogP contribution is 2.15. The standard InChI is InChI=1S/C23H26FN3O3/c1-16(28)25-21(14-17-6-3-2-4-7-17)22(29)26-20-10-12-27(13-11-20)23(30)18-8-5-9-19(24)15-18/h2-9,15,20-21H,10-14H2,1H3,(H,25,28)(H,26,29). The van der Waals surface area contributed by atoms with E-state index in [4.69, 9.17) is 0 Å². The van der Waals surface area contributed by atoms with Crippen LogP contribution < -0.4 is 10.6 Å². The number of halogens is 1. The Morgan fingerprint density at radius 1 is 1.07 bits per heavy atom. The fourth-order valence-electron chi connectivity index (χ4n) is 3.64. The third-order valence-electron chi connectivity index (χ3n) is 5.18. The first-order valence-electron chi connectivity index (χ1n) is 10.1. The minimum Gasteiger partial charge on any atom is -0.351 e. The molecule has 1 heterocycles. The Bertz CT molecular complexity index is 896. The molecule has 2 aromatic carbocycles. The van der Waals surface area contributed by atoms with Crippen LogP contribution in [0.25, 0.3) is 0 Å². The van der Waals surface area contributed by atoms with Gasteiger partial charge in [0.15, 0.2) is 0 Å². The van der Waals surface area contributed by atoms with Gasteiger partial charge in [0.25, 0.3) is 5.91 Å². The highest BCUT2D eigenvalue weighted by Gasteiger charge is 2.27. The molecule has 0 spiro atoms. The number of benzene rings is 2. The number of likely N-dealkylation sites (tertiary alicyclic amines) is 1. The van der Waals surface area contributed by atoms with Crippen molar-refractivity contribution in [2.45, 2.75) is 38.3 Å². The fourth-order valence-corrected chi connectivity index (χ4v) is 3.64. The molecule has 1 atom stereocenters. The molecule has 0 aromatic heterocycles. The predicted molar refractivity (Wildman–Crippen MR) is 111 cm³/mol. The highest BCUT2D eigenvalue weighted by molar-refractivity contribution is 5.94. The lowest BCUT2D eigenvalue weighted by atomic mass is 10.0. The van der Waals surface area contributed by atoms with E-state index in [-0.39, 0.29) is 23.8 Å². The number of nitrogens with zero attached hydrogens (tertiary/aromatic N) is 1. The van der Waals surface area contributed by atoms with Crippen molar-refractivity contribution in [3.63, 3.8) is 0 Å². The number of hydrogen-bond donors (Lipinski definition) is 2. The van der Waals surface area contributed by atoms with Crippen molar-refractivity contribution in [1.82, 2.24) is 15.5 Å². The zero-order valence-corrected chi connectivity index (χ0v) is 16.9. The van der Waals surface area contributed by atoms with Crippen LogP contribution in [0.2, 0.25) is 0 Å². The van der Waals surface area contributed by atoms with Crippen LogP contribution in [0.4, 0.5) is 4.39 Å². The zero-order valence-electron chi connectivity index (χ0n) is 16.9. The third-order valence-corrected chi connectivity index (χ3v) is 5.18. The molecule has 0 bridgehead atoms. The Morgan fingerprint density at radius 2 is 1.77 bits per heavy atom. The maximum Gasteiger partial charge on any atom is 0.253 e. The minimum atomic E-state index is -0.656. The summed E-state index contributed by atoms with van der Waals surface area (Å²) in [6, 6.07) is 14.4. The molecule has 1 saturated heterocycles. The molecule has 7 heteroatoms. The Balaban J connectivity index is 1.55. The lowest BCUT2D eigenvalue weighted by Gasteiger charge is -2.33. The van der Waals surface area contributed by atoms with Crippen molar-refractivity contribution in [3.8, 4) is 0 Å². The highest BCUT2D eigenvalue weighted by atomic mass is 19.1. The second-order valence-corrected chi connectivity index (χ2v) is 7.53. The van der Waals surface area contributed by atoms with Crippen molar-refractivity contribution < 1.29 is 18.8 Å². The van der Waals surface area contributed by atoms with Gasteiger partial charge in [0.2, 0.25) is 11.8 Å². The second kappa shape index (κ2) is 10.0. The molecule has 3 amide bonds. The fraction of sp³-hybridized carbons (Fsp3) is 0.348. The Kier molecular flexibility index (Phi) is 7.17. The average molecular weight is 411 g/mol. The monoisotopic (exact) mass is 411 g/mol. The van der Waals surface area contributed by atoms with Gasteiger partial charge in [-0.05, 0) is 36.6 Å². The van der Waals surface area contributed by atoms with Crippen molar-refractivity contribution in [3.05, 3.63) is 71.5 Å². The first-order chi connectivity index (χ1) is 14.4. The van der Waals surface area contributed by atoms with Crippen LogP contribution in [0.3, 0.4) is 0 Å². The van der Waals surface area contributed by atoms with E-state index in [0.29, 0.717) is 37.9 Å². The van der Waals surface area contributed by atoms with E-state index in [1.54, 1.807) is 11.0 Å². The molecule has 3 rings (SSSR count). The van der Waals surface area contributed by atoms with Gasteiger partial charge in [-0.15, -0.1) is 0 Å². The molecular formula is C23H26FN3O3. The maximum atomic E-state index is 13.4. The number of carbonyl (C=O) groups is 3. The summed E-state index contributed by atoms with van der Waals surface area (Å²) in [4.78, 5) is 38.5. The van der Waals surface area contributed by atoms with Gasteiger partial charge in [-0.1, -0.05) is 36.4 Å². The number of carbonyl (C=O) groups excluding carboxylic acids is 3. The molecule has 30 heavy (non-hydrogen) atoms. The van der Waals surface area contributed by atoms with E-state index in [9.17, 15) is 18.8 Å². The summed E-state index contributed by atoms with van der Waals surface area (Å²) in [6.07, 6.45) is 1.61. The van der Waals surface area contributed by atoms with Crippen LogP contribution in [0, 0.1) is 5.82 Å².